The normalized spacial score (nSPS) is 13.5. The van der Waals surface area contributed by atoms with Crippen LogP contribution in [0.15, 0.2) is 0 Å². The molecule has 0 bridgehead atoms. The second-order valence-corrected chi connectivity index (χ2v) is 4.94. The minimum atomic E-state index is 0.299. The lowest BCUT2D eigenvalue weighted by atomic mass is 10.1. The molecule has 1 unspecified atom stereocenters. The first-order valence-corrected chi connectivity index (χ1v) is 6.00. The van der Waals surface area contributed by atoms with Crippen LogP contribution < -0.4 is 5.73 Å². The van der Waals surface area contributed by atoms with Gasteiger partial charge in [-0.25, -0.2) is 0 Å². The molecule has 3 nitrogen and oxygen atoms in total. The number of amidine groups is 1. The minimum Gasteiger partial charge on any atom is -0.388 e. The van der Waals surface area contributed by atoms with Crippen molar-refractivity contribution in [1.82, 2.24) is 4.90 Å². The van der Waals surface area contributed by atoms with Crippen molar-refractivity contribution in [3.8, 4) is 0 Å². The van der Waals surface area contributed by atoms with Gasteiger partial charge in [0.2, 0.25) is 0 Å². The zero-order valence-corrected chi connectivity index (χ0v) is 10.7. The van der Waals surface area contributed by atoms with Crippen molar-refractivity contribution in [1.29, 1.82) is 5.41 Å². The lowest BCUT2D eigenvalue weighted by Crippen LogP contribution is -2.34. The molecular formula is C12H27N3. The number of nitrogens with zero attached hydrogens (tertiary/aromatic N) is 1. The molecule has 1 atom stereocenters. The summed E-state index contributed by atoms with van der Waals surface area (Å²) >= 11 is 0. The molecule has 0 aromatic carbocycles. The fraction of sp³-hybridized carbons (Fsp3) is 0.917. The van der Waals surface area contributed by atoms with Crippen molar-refractivity contribution in [2.75, 3.05) is 19.6 Å². The fourth-order valence-electron chi connectivity index (χ4n) is 1.62. The predicted octanol–water partition coefficient (Wildman–Crippen LogP) is 2.32. The summed E-state index contributed by atoms with van der Waals surface area (Å²) in [6.45, 7) is 12.1. The summed E-state index contributed by atoms with van der Waals surface area (Å²) in [4.78, 5) is 2.43. The topological polar surface area (TPSA) is 53.1 Å². The first-order chi connectivity index (χ1) is 6.95. The third-order valence-corrected chi connectivity index (χ3v) is 2.59. The van der Waals surface area contributed by atoms with Crippen LogP contribution in [-0.2, 0) is 0 Å². The van der Waals surface area contributed by atoms with E-state index in [1.54, 1.807) is 0 Å². The fourth-order valence-corrected chi connectivity index (χ4v) is 1.62. The van der Waals surface area contributed by atoms with Crippen LogP contribution in [0.1, 0.15) is 40.5 Å². The Bertz CT molecular complexity index is 178. The standard InChI is InChI=1S/C12H27N3/c1-5-11(4)9-15(8-10(2)3)7-6-12(13)14/h10-11H,5-9H2,1-4H3,(H3,13,14). The van der Waals surface area contributed by atoms with E-state index < -0.39 is 0 Å². The van der Waals surface area contributed by atoms with Crippen LogP contribution in [0.5, 0.6) is 0 Å². The first-order valence-electron chi connectivity index (χ1n) is 6.00. The van der Waals surface area contributed by atoms with Crippen LogP contribution in [0.25, 0.3) is 0 Å². The molecule has 0 saturated heterocycles. The SMILES string of the molecule is CCC(C)CN(CCC(=N)N)CC(C)C. The lowest BCUT2D eigenvalue weighted by molar-refractivity contribution is 0.216. The molecule has 3 N–H and O–H groups in total. The molecule has 0 aromatic heterocycles. The van der Waals surface area contributed by atoms with E-state index in [-0.39, 0.29) is 0 Å². The Balaban J connectivity index is 3.99. The van der Waals surface area contributed by atoms with Crippen LogP contribution in [0.2, 0.25) is 0 Å². The predicted molar refractivity (Wildman–Crippen MR) is 67.3 cm³/mol. The van der Waals surface area contributed by atoms with Crippen molar-refractivity contribution in [3.05, 3.63) is 0 Å². The van der Waals surface area contributed by atoms with E-state index in [1.807, 2.05) is 0 Å². The molecule has 3 heteroatoms. The Morgan fingerprint density at radius 3 is 2.27 bits per heavy atom. The number of nitrogens with two attached hydrogens (primary N) is 1. The van der Waals surface area contributed by atoms with Gasteiger partial charge in [0.05, 0.1) is 5.84 Å². The van der Waals surface area contributed by atoms with Crippen LogP contribution in [0.3, 0.4) is 0 Å². The zero-order chi connectivity index (χ0) is 11.8. The summed E-state index contributed by atoms with van der Waals surface area (Å²) in [7, 11) is 0. The van der Waals surface area contributed by atoms with Crippen LogP contribution in [0.4, 0.5) is 0 Å². The lowest BCUT2D eigenvalue weighted by Gasteiger charge is -2.26. The Labute approximate surface area is 94.5 Å². The van der Waals surface area contributed by atoms with E-state index >= 15 is 0 Å². The molecule has 0 aliphatic carbocycles. The highest BCUT2D eigenvalue weighted by Gasteiger charge is 2.10. The largest absolute Gasteiger partial charge is 0.388 e. The van der Waals surface area contributed by atoms with Gasteiger partial charge in [-0.3, -0.25) is 5.41 Å². The van der Waals surface area contributed by atoms with Crippen molar-refractivity contribution in [2.24, 2.45) is 17.6 Å². The average Bonchev–Trinajstić information content (AvgIpc) is 2.13. The van der Waals surface area contributed by atoms with Crippen LogP contribution in [0, 0.1) is 17.2 Å². The highest BCUT2D eigenvalue weighted by Crippen LogP contribution is 2.07. The first kappa shape index (κ1) is 14.4. The van der Waals surface area contributed by atoms with E-state index in [0.717, 1.165) is 25.6 Å². The molecule has 0 rings (SSSR count). The van der Waals surface area contributed by atoms with Crippen molar-refractivity contribution >= 4 is 5.84 Å². The quantitative estimate of drug-likeness (QED) is 0.480. The molecule has 0 fully saturated rings. The van der Waals surface area contributed by atoms with Crippen molar-refractivity contribution in [3.63, 3.8) is 0 Å². The molecule has 0 spiro atoms. The summed E-state index contributed by atoms with van der Waals surface area (Å²) in [5.74, 6) is 1.71. The number of rotatable bonds is 8. The maximum absolute atomic E-state index is 7.25. The van der Waals surface area contributed by atoms with Gasteiger partial charge in [0, 0.05) is 26.1 Å². The van der Waals surface area contributed by atoms with Gasteiger partial charge in [0.1, 0.15) is 0 Å². The third-order valence-electron chi connectivity index (χ3n) is 2.59. The van der Waals surface area contributed by atoms with E-state index in [4.69, 9.17) is 11.1 Å². The highest BCUT2D eigenvalue weighted by atomic mass is 15.1. The molecule has 0 aliphatic rings. The highest BCUT2D eigenvalue weighted by molar-refractivity contribution is 5.76. The summed E-state index contributed by atoms with van der Waals surface area (Å²) in [5.41, 5.74) is 5.39. The molecule has 90 valence electrons. The van der Waals surface area contributed by atoms with Gasteiger partial charge in [0.15, 0.2) is 0 Å². The van der Waals surface area contributed by atoms with E-state index in [0.29, 0.717) is 18.2 Å². The van der Waals surface area contributed by atoms with E-state index in [9.17, 15) is 0 Å². The number of hydrogen-bond donors (Lipinski definition) is 2. The van der Waals surface area contributed by atoms with Gasteiger partial charge in [-0.05, 0) is 11.8 Å². The number of hydrogen-bond acceptors (Lipinski definition) is 2. The summed E-state index contributed by atoms with van der Waals surface area (Å²) in [6.07, 6.45) is 1.91. The summed E-state index contributed by atoms with van der Waals surface area (Å²) in [6, 6.07) is 0. The van der Waals surface area contributed by atoms with Gasteiger partial charge in [-0.1, -0.05) is 34.1 Å². The minimum absolute atomic E-state index is 0.299. The second-order valence-electron chi connectivity index (χ2n) is 4.94. The average molecular weight is 213 g/mol. The molecule has 15 heavy (non-hydrogen) atoms. The second kappa shape index (κ2) is 7.69. The Morgan fingerprint density at radius 1 is 1.27 bits per heavy atom. The number of nitrogens with one attached hydrogen (secondary N) is 1. The van der Waals surface area contributed by atoms with Crippen molar-refractivity contribution < 1.29 is 0 Å². The maximum Gasteiger partial charge on any atom is 0.0918 e. The third kappa shape index (κ3) is 8.43. The summed E-state index contributed by atoms with van der Waals surface area (Å²) < 4.78 is 0. The molecule has 0 radical (unpaired) electrons. The van der Waals surface area contributed by atoms with Crippen LogP contribution >= 0.6 is 0 Å². The smallest absolute Gasteiger partial charge is 0.0918 e. The molecule has 0 aliphatic heterocycles. The van der Waals surface area contributed by atoms with Crippen LogP contribution in [-0.4, -0.2) is 30.4 Å². The Morgan fingerprint density at radius 2 is 1.87 bits per heavy atom. The Hall–Kier alpha value is -0.570. The van der Waals surface area contributed by atoms with Gasteiger partial charge < -0.3 is 10.6 Å². The van der Waals surface area contributed by atoms with E-state index in [1.165, 1.54) is 6.42 Å². The summed E-state index contributed by atoms with van der Waals surface area (Å²) in [5, 5.41) is 7.25. The maximum atomic E-state index is 7.25. The van der Waals surface area contributed by atoms with E-state index in [2.05, 4.69) is 32.6 Å². The molecule has 0 saturated carbocycles. The van der Waals surface area contributed by atoms with Gasteiger partial charge in [0.25, 0.3) is 0 Å². The van der Waals surface area contributed by atoms with Gasteiger partial charge >= 0.3 is 0 Å². The monoisotopic (exact) mass is 213 g/mol. The Kier molecular flexibility index (Phi) is 7.39. The molecule has 0 heterocycles. The van der Waals surface area contributed by atoms with Gasteiger partial charge in [-0.2, -0.15) is 0 Å². The molecule has 0 aromatic rings. The van der Waals surface area contributed by atoms with Crippen molar-refractivity contribution in [2.45, 2.75) is 40.5 Å². The molecular weight excluding hydrogens is 186 g/mol. The molecule has 0 amide bonds. The van der Waals surface area contributed by atoms with Gasteiger partial charge in [-0.15, -0.1) is 0 Å². The zero-order valence-electron chi connectivity index (χ0n) is 10.7.